The highest BCUT2D eigenvalue weighted by Crippen LogP contribution is 2.36. The summed E-state index contributed by atoms with van der Waals surface area (Å²) in [4.78, 5) is 25.7. The molecule has 1 aromatic heterocycles. The lowest BCUT2D eigenvalue weighted by Crippen LogP contribution is -2.04. The molecular formula is C19H19N3O6. The average molecular weight is 385 g/mol. The minimum Gasteiger partial charge on any atom is -0.493 e. The molecule has 0 aliphatic carbocycles. The fourth-order valence-electron chi connectivity index (χ4n) is 2.85. The molecule has 3 rings (SSSR count). The van der Waals surface area contributed by atoms with Gasteiger partial charge in [-0.1, -0.05) is 0 Å². The van der Waals surface area contributed by atoms with Crippen LogP contribution in [0.3, 0.4) is 0 Å². The lowest BCUT2D eigenvalue weighted by Gasteiger charge is -2.12. The second kappa shape index (κ2) is 7.87. The lowest BCUT2D eigenvalue weighted by molar-refractivity contribution is -0.383. The lowest BCUT2D eigenvalue weighted by atomic mass is 10.1. The van der Waals surface area contributed by atoms with Gasteiger partial charge >= 0.3 is 5.97 Å². The van der Waals surface area contributed by atoms with E-state index in [0.29, 0.717) is 28.3 Å². The standard InChI is InChI=1S/C19H19N3O6/c1-4-28-19(23)14-10-12-13(6-7-15(22(24)25)18(12)21-14)20-11-5-8-16(26-2)17(9-11)27-3/h5-10,20-21H,4H2,1-3H3. The maximum absolute atomic E-state index is 12.0. The zero-order valence-corrected chi connectivity index (χ0v) is 15.6. The number of rotatable bonds is 7. The molecule has 0 amide bonds. The molecule has 0 aliphatic heterocycles. The van der Waals surface area contributed by atoms with Gasteiger partial charge in [-0.3, -0.25) is 10.1 Å². The molecule has 0 atom stereocenters. The van der Waals surface area contributed by atoms with Crippen molar-refractivity contribution in [1.29, 1.82) is 0 Å². The number of aromatic amines is 1. The minimum absolute atomic E-state index is 0.136. The zero-order chi connectivity index (χ0) is 20.3. The summed E-state index contributed by atoms with van der Waals surface area (Å²) in [7, 11) is 3.07. The zero-order valence-electron chi connectivity index (χ0n) is 15.6. The van der Waals surface area contributed by atoms with E-state index in [1.807, 2.05) is 0 Å². The number of carbonyl (C=O) groups is 1. The number of nitrogens with one attached hydrogen (secondary N) is 2. The van der Waals surface area contributed by atoms with E-state index in [9.17, 15) is 14.9 Å². The normalized spacial score (nSPS) is 10.5. The average Bonchev–Trinajstić information content (AvgIpc) is 3.14. The Morgan fingerprint density at radius 1 is 1.14 bits per heavy atom. The maximum atomic E-state index is 12.0. The third kappa shape index (κ3) is 3.54. The van der Waals surface area contributed by atoms with Crippen molar-refractivity contribution in [1.82, 2.24) is 4.98 Å². The van der Waals surface area contributed by atoms with Gasteiger partial charge < -0.3 is 24.5 Å². The Balaban J connectivity index is 2.07. The van der Waals surface area contributed by atoms with E-state index < -0.39 is 10.9 Å². The van der Waals surface area contributed by atoms with Gasteiger partial charge in [0.1, 0.15) is 11.2 Å². The Morgan fingerprint density at radius 2 is 1.89 bits per heavy atom. The number of non-ortho nitro benzene ring substituents is 1. The fourth-order valence-corrected chi connectivity index (χ4v) is 2.85. The monoisotopic (exact) mass is 385 g/mol. The number of aromatic nitrogens is 1. The van der Waals surface area contributed by atoms with Gasteiger partial charge in [-0.15, -0.1) is 0 Å². The molecule has 0 saturated carbocycles. The van der Waals surface area contributed by atoms with Crippen LogP contribution in [0.5, 0.6) is 11.5 Å². The van der Waals surface area contributed by atoms with Gasteiger partial charge in [0.15, 0.2) is 11.5 Å². The van der Waals surface area contributed by atoms with Gasteiger partial charge in [0.05, 0.1) is 25.7 Å². The summed E-state index contributed by atoms with van der Waals surface area (Å²) in [6, 6.07) is 9.75. The number of fused-ring (bicyclic) bond motifs is 1. The number of hydrogen-bond acceptors (Lipinski definition) is 7. The Labute approximate surface area is 160 Å². The van der Waals surface area contributed by atoms with Crippen LogP contribution in [0, 0.1) is 10.1 Å². The van der Waals surface area contributed by atoms with Crippen molar-refractivity contribution in [2.24, 2.45) is 0 Å². The van der Waals surface area contributed by atoms with Gasteiger partial charge in [-0.05, 0) is 31.2 Å². The first kappa shape index (κ1) is 19.0. The molecule has 0 radical (unpaired) electrons. The molecule has 0 bridgehead atoms. The van der Waals surface area contributed by atoms with Gasteiger partial charge in [-0.25, -0.2) is 4.79 Å². The van der Waals surface area contributed by atoms with E-state index in [1.165, 1.54) is 19.2 Å². The van der Waals surface area contributed by atoms with E-state index in [1.54, 1.807) is 38.3 Å². The Hall–Kier alpha value is -3.75. The van der Waals surface area contributed by atoms with Crippen molar-refractivity contribution in [2.75, 3.05) is 26.1 Å². The number of esters is 1. The SMILES string of the molecule is CCOC(=O)c1cc2c(Nc3ccc(OC)c(OC)c3)ccc([N+](=O)[O-])c2[nH]1. The Kier molecular flexibility index (Phi) is 5.35. The summed E-state index contributed by atoms with van der Waals surface area (Å²) in [5.41, 5.74) is 1.51. The second-order valence-electron chi connectivity index (χ2n) is 5.78. The molecule has 9 nitrogen and oxygen atoms in total. The molecule has 0 fully saturated rings. The number of ether oxygens (including phenoxy) is 3. The molecule has 0 spiro atoms. The van der Waals surface area contributed by atoms with Gasteiger partial charge in [0.25, 0.3) is 5.69 Å². The number of anilines is 2. The van der Waals surface area contributed by atoms with Gasteiger partial charge in [0.2, 0.25) is 0 Å². The van der Waals surface area contributed by atoms with E-state index >= 15 is 0 Å². The maximum Gasteiger partial charge on any atom is 0.354 e. The number of methoxy groups -OCH3 is 2. The summed E-state index contributed by atoms with van der Waals surface area (Å²) < 4.78 is 15.5. The predicted octanol–water partition coefficient (Wildman–Crippen LogP) is 4.01. The van der Waals surface area contributed by atoms with Crippen molar-refractivity contribution in [2.45, 2.75) is 6.92 Å². The summed E-state index contributed by atoms with van der Waals surface area (Å²) in [5, 5.41) is 15.0. The van der Waals surface area contributed by atoms with Crippen LogP contribution in [-0.4, -0.2) is 36.7 Å². The quantitative estimate of drug-likeness (QED) is 0.358. The Bertz CT molecular complexity index is 1040. The van der Waals surface area contributed by atoms with Gasteiger partial charge in [-0.2, -0.15) is 0 Å². The van der Waals surface area contributed by atoms with Crippen LogP contribution in [0.1, 0.15) is 17.4 Å². The number of nitro benzene ring substituents is 1. The summed E-state index contributed by atoms with van der Waals surface area (Å²) >= 11 is 0. The third-order valence-electron chi connectivity index (χ3n) is 4.13. The highest BCUT2D eigenvalue weighted by atomic mass is 16.6. The number of benzene rings is 2. The molecule has 2 N–H and O–H groups in total. The number of H-pyrrole nitrogens is 1. The molecular weight excluding hydrogens is 366 g/mol. The molecule has 1 heterocycles. The first-order valence-corrected chi connectivity index (χ1v) is 8.44. The van der Waals surface area contributed by atoms with E-state index in [0.717, 1.165) is 0 Å². The predicted molar refractivity (Wildman–Crippen MR) is 104 cm³/mol. The first-order chi connectivity index (χ1) is 13.5. The van der Waals surface area contributed by atoms with E-state index in [-0.39, 0.29) is 23.5 Å². The molecule has 3 aromatic rings. The minimum atomic E-state index is -0.579. The summed E-state index contributed by atoms with van der Waals surface area (Å²) in [6.45, 7) is 1.89. The van der Waals surface area contributed by atoms with Crippen LogP contribution in [0.4, 0.5) is 17.1 Å². The number of nitrogens with zero attached hydrogens (tertiary/aromatic N) is 1. The number of nitro groups is 1. The molecule has 9 heteroatoms. The van der Waals surface area contributed by atoms with Crippen molar-refractivity contribution in [3.05, 3.63) is 52.2 Å². The summed E-state index contributed by atoms with van der Waals surface area (Å²) in [5.74, 6) is 0.533. The highest BCUT2D eigenvalue weighted by Gasteiger charge is 2.20. The van der Waals surface area contributed by atoms with Crippen molar-refractivity contribution in [3.63, 3.8) is 0 Å². The molecule has 28 heavy (non-hydrogen) atoms. The molecule has 146 valence electrons. The van der Waals surface area contributed by atoms with Crippen molar-refractivity contribution < 1.29 is 23.9 Å². The second-order valence-corrected chi connectivity index (χ2v) is 5.78. The van der Waals surface area contributed by atoms with Crippen LogP contribution >= 0.6 is 0 Å². The van der Waals surface area contributed by atoms with Crippen LogP contribution in [-0.2, 0) is 4.74 Å². The number of hydrogen-bond donors (Lipinski definition) is 2. The molecule has 0 unspecified atom stereocenters. The first-order valence-electron chi connectivity index (χ1n) is 8.44. The smallest absolute Gasteiger partial charge is 0.354 e. The van der Waals surface area contributed by atoms with Crippen molar-refractivity contribution in [3.8, 4) is 11.5 Å². The van der Waals surface area contributed by atoms with Gasteiger partial charge in [0, 0.05) is 28.9 Å². The number of carbonyl (C=O) groups excluding carboxylic acids is 1. The largest absolute Gasteiger partial charge is 0.493 e. The fraction of sp³-hybridized carbons (Fsp3) is 0.211. The molecule has 2 aromatic carbocycles. The Morgan fingerprint density at radius 3 is 2.54 bits per heavy atom. The van der Waals surface area contributed by atoms with Crippen LogP contribution in [0.2, 0.25) is 0 Å². The van der Waals surface area contributed by atoms with Crippen LogP contribution < -0.4 is 14.8 Å². The molecule has 0 aliphatic rings. The van der Waals surface area contributed by atoms with Crippen molar-refractivity contribution >= 4 is 33.9 Å². The topological polar surface area (TPSA) is 116 Å². The van der Waals surface area contributed by atoms with E-state index in [4.69, 9.17) is 14.2 Å². The molecule has 0 saturated heterocycles. The van der Waals surface area contributed by atoms with Crippen LogP contribution in [0.25, 0.3) is 10.9 Å². The van der Waals surface area contributed by atoms with Crippen LogP contribution in [0.15, 0.2) is 36.4 Å². The van der Waals surface area contributed by atoms with E-state index in [2.05, 4.69) is 10.3 Å². The summed E-state index contributed by atoms with van der Waals surface area (Å²) in [6.07, 6.45) is 0. The highest BCUT2D eigenvalue weighted by molar-refractivity contribution is 6.04. The third-order valence-corrected chi connectivity index (χ3v) is 4.13.